The van der Waals surface area contributed by atoms with Gasteiger partial charge in [0.25, 0.3) is 0 Å². The highest BCUT2D eigenvalue weighted by atomic mass is 32.2. The minimum absolute atomic E-state index is 0.664. The van der Waals surface area contributed by atoms with Gasteiger partial charge in [0.1, 0.15) is 0 Å². The summed E-state index contributed by atoms with van der Waals surface area (Å²) in [4.78, 5) is 2.58. The van der Waals surface area contributed by atoms with Crippen LogP contribution < -0.4 is 5.32 Å². The van der Waals surface area contributed by atoms with E-state index in [1.807, 2.05) is 11.8 Å². The summed E-state index contributed by atoms with van der Waals surface area (Å²) in [5, 5.41) is 3.62. The molecule has 0 spiro atoms. The van der Waals surface area contributed by atoms with Gasteiger partial charge < -0.3 is 10.2 Å². The zero-order chi connectivity index (χ0) is 10.9. The molecule has 0 bridgehead atoms. The van der Waals surface area contributed by atoms with Crippen molar-refractivity contribution in [1.82, 2.24) is 10.2 Å². The Morgan fingerprint density at radius 3 is 2.67 bits per heavy atom. The molecule has 2 nitrogen and oxygen atoms in total. The van der Waals surface area contributed by atoms with E-state index < -0.39 is 0 Å². The van der Waals surface area contributed by atoms with E-state index in [-0.39, 0.29) is 0 Å². The van der Waals surface area contributed by atoms with Crippen LogP contribution in [0.1, 0.15) is 32.6 Å². The second-order valence-corrected chi connectivity index (χ2v) is 5.55. The quantitative estimate of drug-likeness (QED) is 0.644. The molecule has 0 aromatic rings. The smallest absolute Gasteiger partial charge is 0.0166 e. The fourth-order valence-electron chi connectivity index (χ4n) is 2.14. The maximum atomic E-state index is 3.62. The Morgan fingerprint density at radius 1 is 1.27 bits per heavy atom. The summed E-state index contributed by atoms with van der Waals surface area (Å²) in [7, 11) is 0. The first-order valence-corrected chi connectivity index (χ1v) is 7.67. The summed E-state index contributed by atoms with van der Waals surface area (Å²) in [5.41, 5.74) is 0. The number of thioether (sulfide) groups is 1. The molecule has 1 aliphatic rings. The van der Waals surface area contributed by atoms with Crippen molar-refractivity contribution in [1.29, 1.82) is 0 Å². The Hall–Kier alpha value is 0.270. The van der Waals surface area contributed by atoms with Crippen molar-refractivity contribution in [2.75, 3.05) is 38.2 Å². The number of rotatable bonds is 8. The Kier molecular flexibility index (Phi) is 7.49. The minimum atomic E-state index is 0.664. The maximum Gasteiger partial charge on any atom is 0.0166 e. The van der Waals surface area contributed by atoms with Crippen LogP contribution in [0, 0.1) is 0 Å². The van der Waals surface area contributed by atoms with Gasteiger partial charge in [0, 0.05) is 12.6 Å². The number of hydrogen-bond acceptors (Lipinski definition) is 3. The predicted molar refractivity (Wildman–Crippen MR) is 70.8 cm³/mol. The molecule has 1 rings (SSSR count). The third kappa shape index (κ3) is 6.44. The van der Waals surface area contributed by atoms with Crippen molar-refractivity contribution in [2.24, 2.45) is 0 Å². The van der Waals surface area contributed by atoms with Crippen LogP contribution in [0.4, 0.5) is 0 Å². The third-order valence-electron chi connectivity index (χ3n) is 3.00. The molecule has 0 aliphatic carbocycles. The molecule has 1 N–H and O–H groups in total. The lowest BCUT2D eigenvalue weighted by molar-refractivity contribution is 0.298. The molecule has 0 aromatic carbocycles. The molecule has 1 aliphatic heterocycles. The average Bonchev–Trinajstić information content (AvgIpc) is 2.70. The highest BCUT2D eigenvalue weighted by molar-refractivity contribution is 7.98. The van der Waals surface area contributed by atoms with Gasteiger partial charge in [-0.15, -0.1) is 0 Å². The van der Waals surface area contributed by atoms with Crippen LogP contribution in [-0.4, -0.2) is 49.1 Å². The number of hydrogen-bond donors (Lipinski definition) is 1. The Balaban J connectivity index is 1.91. The molecule has 0 radical (unpaired) electrons. The lowest BCUT2D eigenvalue weighted by Crippen LogP contribution is -2.38. The SMILES string of the molecule is CSCCCCNC(C)CN1CCCC1. The highest BCUT2D eigenvalue weighted by Crippen LogP contribution is 2.07. The Labute approximate surface area is 99.2 Å². The van der Waals surface area contributed by atoms with E-state index in [0.717, 1.165) is 0 Å². The number of nitrogens with one attached hydrogen (secondary N) is 1. The van der Waals surface area contributed by atoms with Crippen molar-refractivity contribution in [2.45, 2.75) is 38.6 Å². The largest absolute Gasteiger partial charge is 0.313 e. The van der Waals surface area contributed by atoms with Gasteiger partial charge >= 0.3 is 0 Å². The molecule has 3 heteroatoms. The Bertz CT molecular complexity index is 147. The first-order chi connectivity index (χ1) is 7.33. The van der Waals surface area contributed by atoms with Crippen molar-refractivity contribution in [3.05, 3.63) is 0 Å². The average molecular weight is 230 g/mol. The lowest BCUT2D eigenvalue weighted by Gasteiger charge is -2.21. The van der Waals surface area contributed by atoms with Crippen LogP contribution in [0.15, 0.2) is 0 Å². The third-order valence-corrected chi connectivity index (χ3v) is 3.70. The molecule has 0 aromatic heterocycles. The van der Waals surface area contributed by atoms with E-state index in [1.54, 1.807) is 0 Å². The van der Waals surface area contributed by atoms with Gasteiger partial charge in [0.05, 0.1) is 0 Å². The van der Waals surface area contributed by atoms with E-state index in [2.05, 4.69) is 23.4 Å². The van der Waals surface area contributed by atoms with Crippen LogP contribution in [0.25, 0.3) is 0 Å². The summed E-state index contributed by atoms with van der Waals surface area (Å²) in [5.74, 6) is 1.31. The first kappa shape index (κ1) is 13.3. The van der Waals surface area contributed by atoms with Gasteiger partial charge in [-0.3, -0.25) is 0 Å². The maximum absolute atomic E-state index is 3.62. The molecule has 1 saturated heterocycles. The van der Waals surface area contributed by atoms with E-state index in [1.165, 1.54) is 57.6 Å². The molecular weight excluding hydrogens is 204 g/mol. The van der Waals surface area contributed by atoms with Crippen molar-refractivity contribution in [3.8, 4) is 0 Å². The van der Waals surface area contributed by atoms with Gasteiger partial charge in [0.15, 0.2) is 0 Å². The normalized spacial score (nSPS) is 19.6. The van der Waals surface area contributed by atoms with Gasteiger partial charge in [-0.2, -0.15) is 11.8 Å². The second-order valence-electron chi connectivity index (χ2n) is 4.56. The molecular formula is C12H26N2S. The van der Waals surface area contributed by atoms with Gasteiger partial charge in [-0.25, -0.2) is 0 Å². The molecule has 0 saturated carbocycles. The monoisotopic (exact) mass is 230 g/mol. The lowest BCUT2D eigenvalue weighted by atomic mass is 10.3. The summed E-state index contributed by atoms with van der Waals surface area (Å²) in [6.07, 6.45) is 7.67. The van der Waals surface area contributed by atoms with Crippen molar-refractivity contribution >= 4 is 11.8 Å². The molecule has 15 heavy (non-hydrogen) atoms. The van der Waals surface area contributed by atoms with Crippen molar-refractivity contribution in [3.63, 3.8) is 0 Å². The molecule has 90 valence electrons. The molecule has 0 amide bonds. The van der Waals surface area contributed by atoms with E-state index in [4.69, 9.17) is 0 Å². The first-order valence-electron chi connectivity index (χ1n) is 6.27. The number of nitrogens with zero attached hydrogens (tertiary/aromatic N) is 1. The van der Waals surface area contributed by atoms with Crippen LogP contribution in [0.5, 0.6) is 0 Å². The summed E-state index contributed by atoms with van der Waals surface area (Å²) >= 11 is 1.95. The van der Waals surface area contributed by atoms with Crippen LogP contribution >= 0.6 is 11.8 Å². The topological polar surface area (TPSA) is 15.3 Å². The molecule has 1 unspecified atom stereocenters. The Morgan fingerprint density at radius 2 is 2.00 bits per heavy atom. The predicted octanol–water partition coefficient (Wildman–Crippen LogP) is 2.20. The molecule has 1 fully saturated rings. The van der Waals surface area contributed by atoms with Crippen LogP contribution in [-0.2, 0) is 0 Å². The second kappa shape index (κ2) is 8.43. The van der Waals surface area contributed by atoms with E-state index in [0.29, 0.717) is 6.04 Å². The fraction of sp³-hybridized carbons (Fsp3) is 1.00. The standard InChI is InChI=1S/C12H26N2S/c1-12(11-14-8-4-5-9-14)13-7-3-6-10-15-2/h12-13H,3-11H2,1-2H3. The molecule has 1 heterocycles. The number of unbranched alkanes of at least 4 members (excludes halogenated alkanes) is 1. The van der Waals surface area contributed by atoms with Gasteiger partial charge in [0.2, 0.25) is 0 Å². The van der Waals surface area contributed by atoms with E-state index >= 15 is 0 Å². The summed E-state index contributed by atoms with van der Waals surface area (Å²) < 4.78 is 0. The highest BCUT2D eigenvalue weighted by Gasteiger charge is 2.13. The van der Waals surface area contributed by atoms with E-state index in [9.17, 15) is 0 Å². The summed E-state index contributed by atoms with van der Waals surface area (Å²) in [6, 6.07) is 0.664. The molecule has 1 atom stereocenters. The zero-order valence-corrected chi connectivity index (χ0v) is 11.1. The zero-order valence-electron chi connectivity index (χ0n) is 10.3. The minimum Gasteiger partial charge on any atom is -0.313 e. The van der Waals surface area contributed by atoms with Crippen LogP contribution in [0.3, 0.4) is 0 Å². The fourth-order valence-corrected chi connectivity index (χ4v) is 2.63. The number of likely N-dealkylation sites (tertiary alicyclic amines) is 1. The van der Waals surface area contributed by atoms with Crippen molar-refractivity contribution < 1.29 is 0 Å². The van der Waals surface area contributed by atoms with Gasteiger partial charge in [-0.1, -0.05) is 0 Å². The summed E-state index contributed by atoms with van der Waals surface area (Å²) in [6.45, 7) is 7.38. The van der Waals surface area contributed by atoms with Gasteiger partial charge in [-0.05, 0) is 64.2 Å². The van der Waals surface area contributed by atoms with Crippen LogP contribution in [0.2, 0.25) is 0 Å².